The van der Waals surface area contributed by atoms with E-state index in [1.807, 2.05) is 54.6 Å². The fourth-order valence-corrected chi connectivity index (χ4v) is 9.57. The molecular weight excluding hydrogens is 521 g/mol. The van der Waals surface area contributed by atoms with Crippen LogP contribution < -0.4 is 9.34 Å². The van der Waals surface area contributed by atoms with Crippen LogP contribution in [0.4, 0.5) is 11.4 Å². The number of halogens is 2. The molecular formula is C25H26BrClN3O2P. The molecule has 2 aliphatic rings. The van der Waals surface area contributed by atoms with E-state index in [-0.39, 0.29) is 5.78 Å². The summed E-state index contributed by atoms with van der Waals surface area (Å²) in [5.41, 5.74) is 2.93. The Hall–Kier alpha value is -1.82. The monoisotopic (exact) mass is 545 g/mol. The van der Waals surface area contributed by atoms with Crippen LogP contribution in [0.3, 0.4) is 0 Å². The van der Waals surface area contributed by atoms with Crippen LogP contribution in [-0.4, -0.2) is 44.3 Å². The van der Waals surface area contributed by atoms with E-state index in [4.69, 9.17) is 16.3 Å². The van der Waals surface area contributed by atoms with Crippen LogP contribution in [0.25, 0.3) is 0 Å². The molecule has 5 rings (SSSR count). The van der Waals surface area contributed by atoms with Crippen molar-refractivity contribution < 1.29 is 9.30 Å². The van der Waals surface area contributed by atoms with Gasteiger partial charge >= 0.3 is 0 Å². The number of nitrogens with zero attached hydrogens (tertiary/aromatic N) is 3. The highest BCUT2D eigenvalue weighted by atomic mass is 79.9. The largest absolute Gasteiger partial charge is 0.379 e. The smallest absolute Gasteiger partial charge is 0.284 e. The van der Waals surface area contributed by atoms with E-state index in [2.05, 4.69) is 54.4 Å². The lowest BCUT2D eigenvalue weighted by Crippen LogP contribution is -2.42. The molecule has 0 amide bonds. The zero-order valence-corrected chi connectivity index (χ0v) is 21.4. The van der Waals surface area contributed by atoms with Gasteiger partial charge in [0.15, 0.2) is 0 Å². The first-order valence-electron chi connectivity index (χ1n) is 11.1. The fourth-order valence-electron chi connectivity index (χ4n) is 4.78. The highest BCUT2D eigenvalue weighted by molar-refractivity contribution is 9.10. The summed E-state index contributed by atoms with van der Waals surface area (Å²) >= 11 is 10.0. The summed E-state index contributed by atoms with van der Waals surface area (Å²) < 4.78 is 26.4. The maximum absolute atomic E-state index is 15.6. The predicted molar refractivity (Wildman–Crippen MR) is 139 cm³/mol. The number of benzene rings is 3. The Labute approximate surface area is 208 Å². The van der Waals surface area contributed by atoms with Crippen LogP contribution in [0, 0.1) is 0 Å². The number of rotatable bonds is 5. The summed E-state index contributed by atoms with van der Waals surface area (Å²) in [5, 5.41) is 0.649. The molecule has 0 saturated carbocycles. The van der Waals surface area contributed by atoms with Crippen molar-refractivity contribution in [1.82, 2.24) is 4.90 Å². The van der Waals surface area contributed by atoms with Gasteiger partial charge in [0, 0.05) is 47.0 Å². The van der Waals surface area contributed by atoms with E-state index in [0.29, 0.717) is 31.3 Å². The Kier molecular flexibility index (Phi) is 6.82. The van der Waals surface area contributed by atoms with Crippen molar-refractivity contribution in [2.45, 2.75) is 5.78 Å². The second-order valence-electron chi connectivity index (χ2n) is 8.19. The maximum atomic E-state index is 15.6. The lowest BCUT2D eigenvalue weighted by atomic mass is 10.2. The van der Waals surface area contributed by atoms with Crippen LogP contribution >= 0.6 is 35.0 Å². The van der Waals surface area contributed by atoms with Crippen LogP contribution in [0.5, 0.6) is 0 Å². The summed E-state index contributed by atoms with van der Waals surface area (Å²) in [4.78, 5) is 2.31. The van der Waals surface area contributed by atoms with E-state index in [9.17, 15) is 0 Å². The Morgan fingerprint density at radius 3 is 1.88 bits per heavy atom. The van der Waals surface area contributed by atoms with Crippen molar-refractivity contribution >= 4 is 46.3 Å². The van der Waals surface area contributed by atoms with Crippen LogP contribution in [-0.2, 0) is 9.30 Å². The molecule has 0 aliphatic carbocycles. The molecule has 0 radical (unpaired) electrons. The predicted octanol–water partition coefficient (Wildman–Crippen LogP) is 6.65. The normalized spacial score (nSPS) is 19.6. The highest BCUT2D eigenvalue weighted by Crippen LogP contribution is 2.70. The molecule has 0 N–H and O–H groups in total. The first-order chi connectivity index (χ1) is 16.1. The first kappa shape index (κ1) is 22.9. The van der Waals surface area contributed by atoms with Gasteiger partial charge in [0.05, 0.1) is 13.2 Å². The van der Waals surface area contributed by atoms with Gasteiger partial charge in [0.25, 0.3) is 7.44 Å². The van der Waals surface area contributed by atoms with Crippen molar-refractivity contribution in [3.05, 3.63) is 93.9 Å². The zero-order chi connectivity index (χ0) is 22.8. The Balaban J connectivity index is 1.71. The quantitative estimate of drug-likeness (QED) is 0.335. The molecule has 5 nitrogen and oxygen atoms in total. The van der Waals surface area contributed by atoms with Crippen molar-refractivity contribution in [2.24, 2.45) is 0 Å². The molecule has 33 heavy (non-hydrogen) atoms. The molecule has 0 aromatic heterocycles. The number of hydrogen-bond donors (Lipinski definition) is 0. The molecule has 3 aromatic carbocycles. The molecule has 2 saturated heterocycles. The molecule has 0 unspecified atom stereocenters. The summed E-state index contributed by atoms with van der Waals surface area (Å²) in [7, 11) is -3.21. The number of morpholine rings is 1. The van der Waals surface area contributed by atoms with Gasteiger partial charge in [-0.2, -0.15) is 0 Å². The van der Waals surface area contributed by atoms with Crippen LogP contribution in [0.2, 0.25) is 5.02 Å². The second kappa shape index (κ2) is 9.81. The zero-order valence-electron chi connectivity index (χ0n) is 18.2. The third kappa shape index (κ3) is 4.36. The fraction of sp³-hybridized carbons (Fsp3) is 0.280. The molecule has 2 heterocycles. The average Bonchev–Trinajstić information content (AvgIpc) is 3.20. The average molecular weight is 547 g/mol. The molecule has 0 bridgehead atoms. The molecule has 3 aromatic rings. The van der Waals surface area contributed by atoms with Crippen molar-refractivity contribution in [3.63, 3.8) is 0 Å². The Bertz CT molecular complexity index is 1090. The van der Waals surface area contributed by atoms with Crippen molar-refractivity contribution in [3.8, 4) is 0 Å². The molecule has 172 valence electrons. The van der Waals surface area contributed by atoms with Crippen molar-refractivity contribution in [2.75, 3.05) is 48.7 Å². The van der Waals surface area contributed by atoms with Gasteiger partial charge in [-0.1, -0.05) is 70.0 Å². The van der Waals surface area contributed by atoms with Crippen LogP contribution in [0.15, 0.2) is 83.3 Å². The summed E-state index contributed by atoms with van der Waals surface area (Å²) in [6.45, 7) is 4.05. The van der Waals surface area contributed by atoms with Gasteiger partial charge in [-0.05, 0) is 42.0 Å². The minimum Gasteiger partial charge on any atom is -0.379 e. The number of para-hydroxylation sites is 2. The van der Waals surface area contributed by atoms with E-state index in [1.165, 1.54) is 0 Å². The standard InChI is InChI=1S/C25H26BrClN3O2P/c26-24-19-20(27)11-12-23(24)25(28-15-17-32-18-16-28)33(31)29(21-7-3-1-4-8-21)13-14-30(33)22-9-5-2-6-10-22/h1-12,19,25H,13-18H2/t25-/m0/s1. The van der Waals surface area contributed by atoms with E-state index >= 15 is 4.57 Å². The van der Waals surface area contributed by atoms with Gasteiger partial charge in [-0.3, -0.25) is 9.46 Å². The summed E-state index contributed by atoms with van der Waals surface area (Å²) in [5.74, 6) is -0.351. The molecule has 1 atom stereocenters. The topological polar surface area (TPSA) is 36.0 Å². The molecule has 2 fully saturated rings. The molecule has 2 aliphatic heterocycles. The van der Waals surface area contributed by atoms with E-state index in [0.717, 1.165) is 34.5 Å². The van der Waals surface area contributed by atoms with Gasteiger partial charge < -0.3 is 14.1 Å². The minimum atomic E-state index is -3.21. The lowest BCUT2D eigenvalue weighted by molar-refractivity contribution is 0.0302. The van der Waals surface area contributed by atoms with Crippen LogP contribution in [0.1, 0.15) is 11.3 Å². The van der Waals surface area contributed by atoms with Crippen molar-refractivity contribution in [1.29, 1.82) is 0 Å². The SMILES string of the molecule is O=P1([C@@H](c2ccc(Cl)cc2Br)N2CCOCC2)N(c2ccccc2)CCN1c1ccccc1. The maximum Gasteiger partial charge on any atom is 0.284 e. The number of hydrogen-bond acceptors (Lipinski definition) is 3. The van der Waals surface area contributed by atoms with E-state index in [1.54, 1.807) is 0 Å². The molecule has 0 spiro atoms. The number of ether oxygens (including phenoxy) is 1. The second-order valence-corrected chi connectivity index (χ2v) is 12.1. The Morgan fingerprint density at radius 1 is 0.818 bits per heavy atom. The summed E-state index contributed by atoms with van der Waals surface area (Å²) in [6.07, 6.45) is 0. The summed E-state index contributed by atoms with van der Waals surface area (Å²) in [6, 6.07) is 26.0. The number of anilines is 2. The molecule has 8 heteroatoms. The first-order valence-corrected chi connectivity index (χ1v) is 14.0. The third-order valence-corrected chi connectivity index (χ3v) is 10.7. The Morgan fingerprint density at radius 2 is 1.36 bits per heavy atom. The third-order valence-electron chi connectivity index (χ3n) is 6.27. The lowest BCUT2D eigenvalue weighted by Gasteiger charge is -2.44. The van der Waals surface area contributed by atoms with Gasteiger partial charge in [-0.25, -0.2) is 0 Å². The highest BCUT2D eigenvalue weighted by Gasteiger charge is 2.52. The van der Waals surface area contributed by atoms with Gasteiger partial charge in [0.2, 0.25) is 0 Å². The van der Waals surface area contributed by atoms with Gasteiger partial charge in [-0.15, -0.1) is 0 Å². The van der Waals surface area contributed by atoms with Gasteiger partial charge in [0.1, 0.15) is 5.78 Å². The minimum absolute atomic E-state index is 0.351. The van der Waals surface area contributed by atoms with E-state index < -0.39 is 7.44 Å².